The molecule has 3 rings (SSSR count). The van der Waals surface area contributed by atoms with Gasteiger partial charge in [-0.05, 0) is 30.9 Å². The minimum Gasteiger partial charge on any atom is -0.391 e. The van der Waals surface area contributed by atoms with E-state index in [0.717, 1.165) is 12.0 Å². The summed E-state index contributed by atoms with van der Waals surface area (Å²) in [6.45, 7) is 0.930. The van der Waals surface area contributed by atoms with E-state index in [1.165, 1.54) is 6.07 Å². The number of urea groups is 1. The molecular weight excluding hydrogens is 319 g/mol. The number of amides is 2. The first kappa shape index (κ1) is 17.4. The lowest BCUT2D eigenvalue weighted by Crippen LogP contribution is -2.48. The van der Waals surface area contributed by atoms with Crippen LogP contribution in [0.2, 0.25) is 0 Å². The van der Waals surface area contributed by atoms with E-state index < -0.39 is 12.1 Å². The Morgan fingerprint density at radius 1 is 1.20 bits per heavy atom. The van der Waals surface area contributed by atoms with Crippen molar-refractivity contribution in [3.05, 3.63) is 71.5 Å². The molecule has 0 saturated carbocycles. The van der Waals surface area contributed by atoms with Crippen LogP contribution in [0.15, 0.2) is 54.6 Å². The first-order valence-electron chi connectivity index (χ1n) is 8.65. The number of nitrogens with one attached hydrogen (secondary N) is 1. The highest BCUT2D eigenvalue weighted by molar-refractivity contribution is 5.75. The average molecular weight is 342 g/mol. The lowest BCUT2D eigenvalue weighted by molar-refractivity contribution is 0.0832. The van der Waals surface area contributed by atoms with Crippen molar-refractivity contribution in [3.63, 3.8) is 0 Å². The van der Waals surface area contributed by atoms with E-state index >= 15 is 0 Å². The molecule has 2 unspecified atom stereocenters. The molecule has 0 aliphatic carbocycles. The van der Waals surface area contributed by atoms with Crippen molar-refractivity contribution in [2.75, 3.05) is 13.1 Å². The fourth-order valence-corrected chi connectivity index (χ4v) is 3.23. The van der Waals surface area contributed by atoms with E-state index in [1.807, 2.05) is 30.3 Å². The number of halogens is 1. The van der Waals surface area contributed by atoms with Crippen LogP contribution in [0.25, 0.3) is 0 Å². The Morgan fingerprint density at radius 2 is 1.92 bits per heavy atom. The number of aliphatic hydroxyl groups excluding tert-OH is 1. The molecule has 0 bridgehead atoms. The summed E-state index contributed by atoms with van der Waals surface area (Å²) in [5.41, 5.74) is 1.49. The number of β-amino-alcohol motifs (C(OH)–C–C–N with tert-alkyl or cyclic N) is 1. The summed E-state index contributed by atoms with van der Waals surface area (Å²) in [5.74, 6) is -0.331. The predicted octanol–water partition coefficient (Wildman–Crippen LogP) is 3.28. The van der Waals surface area contributed by atoms with Crippen molar-refractivity contribution >= 4 is 6.03 Å². The van der Waals surface area contributed by atoms with Crippen LogP contribution in [-0.2, 0) is 6.42 Å². The second kappa shape index (κ2) is 8.12. The molecule has 25 heavy (non-hydrogen) atoms. The van der Waals surface area contributed by atoms with Crippen LogP contribution in [0.3, 0.4) is 0 Å². The molecule has 1 heterocycles. The van der Waals surface area contributed by atoms with Gasteiger partial charge in [0.1, 0.15) is 5.82 Å². The molecule has 2 atom stereocenters. The van der Waals surface area contributed by atoms with Gasteiger partial charge in [-0.1, -0.05) is 48.5 Å². The number of likely N-dealkylation sites (tertiary alicyclic amines) is 1. The van der Waals surface area contributed by atoms with Crippen molar-refractivity contribution in [2.24, 2.45) is 0 Å². The summed E-state index contributed by atoms with van der Waals surface area (Å²) < 4.78 is 14.3. The van der Waals surface area contributed by atoms with Crippen LogP contribution in [0, 0.1) is 5.82 Å². The fourth-order valence-electron chi connectivity index (χ4n) is 3.23. The Balaban J connectivity index is 1.78. The highest BCUT2D eigenvalue weighted by Crippen LogP contribution is 2.22. The lowest BCUT2D eigenvalue weighted by atomic mass is 9.98. The van der Waals surface area contributed by atoms with Crippen molar-refractivity contribution in [1.29, 1.82) is 0 Å². The largest absolute Gasteiger partial charge is 0.391 e. The zero-order chi connectivity index (χ0) is 17.6. The van der Waals surface area contributed by atoms with Crippen LogP contribution in [0.4, 0.5) is 9.18 Å². The van der Waals surface area contributed by atoms with Gasteiger partial charge in [-0.2, -0.15) is 0 Å². The molecule has 0 aromatic heterocycles. The van der Waals surface area contributed by atoms with Crippen LogP contribution >= 0.6 is 0 Å². The lowest BCUT2D eigenvalue weighted by Gasteiger charge is -2.32. The van der Waals surface area contributed by atoms with Crippen molar-refractivity contribution in [2.45, 2.75) is 31.4 Å². The van der Waals surface area contributed by atoms with Crippen LogP contribution in [-0.4, -0.2) is 35.2 Å². The zero-order valence-corrected chi connectivity index (χ0v) is 14.1. The molecule has 1 fully saturated rings. The standard InChI is InChI=1S/C20H23FN2O2/c21-18-11-5-4-10-17(18)19(13-15-7-2-1-3-8-15)22-20(25)23-12-6-9-16(24)14-23/h1-5,7-8,10-11,16,19,24H,6,9,12-14H2,(H,22,25). The highest BCUT2D eigenvalue weighted by atomic mass is 19.1. The first-order valence-corrected chi connectivity index (χ1v) is 8.65. The number of aliphatic hydroxyl groups is 1. The van der Waals surface area contributed by atoms with E-state index in [0.29, 0.717) is 31.5 Å². The number of rotatable bonds is 4. The Kier molecular flexibility index (Phi) is 5.66. The normalized spacial score (nSPS) is 18.6. The van der Waals surface area contributed by atoms with Gasteiger partial charge in [-0.15, -0.1) is 0 Å². The summed E-state index contributed by atoms with van der Waals surface area (Å²) in [6, 6.07) is 15.5. The molecule has 2 N–H and O–H groups in total. The van der Waals surface area contributed by atoms with Crippen LogP contribution in [0.5, 0.6) is 0 Å². The van der Waals surface area contributed by atoms with E-state index in [4.69, 9.17) is 0 Å². The number of benzene rings is 2. The van der Waals surface area contributed by atoms with E-state index in [-0.39, 0.29) is 11.8 Å². The molecule has 4 nitrogen and oxygen atoms in total. The predicted molar refractivity (Wildman–Crippen MR) is 94.6 cm³/mol. The van der Waals surface area contributed by atoms with Gasteiger partial charge in [0.25, 0.3) is 0 Å². The molecule has 1 aliphatic rings. The second-order valence-electron chi connectivity index (χ2n) is 6.46. The third-order valence-electron chi connectivity index (χ3n) is 4.54. The maximum Gasteiger partial charge on any atom is 0.317 e. The molecule has 2 aromatic rings. The Hall–Kier alpha value is -2.40. The molecular formula is C20H23FN2O2. The quantitative estimate of drug-likeness (QED) is 0.896. The van der Waals surface area contributed by atoms with Crippen molar-refractivity contribution in [1.82, 2.24) is 10.2 Å². The number of carbonyl (C=O) groups is 1. The number of hydrogen-bond acceptors (Lipinski definition) is 2. The molecule has 132 valence electrons. The van der Waals surface area contributed by atoms with E-state index in [1.54, 1.807) is 23.1 Å². The minimum absolute atomic E-state index is 0.261. The Morgan fingerprint density at radius 3 is 2.64 bits per heavy atom. The summed E-state index contributed by atoms with van der Waals surface area (Å²) in [4.78, 5) is 14.2. The first-order chi connectivity index (χ1) is 12.1. The monoisotopic (exact) mass is 342 g/mol. The Bertz CT molecular complexity index is 708. The van der Waals surface area contributed by atoms with Gasteiger partial charge in [0.05, 0.1) is 12.1 Å². The van der Waals surface area contributed by atoms with E-state index in [9.17, 15) is 14.3 Å². The third kappa shape index (κ3) is 4.57. The molecule has 5 heteroatoms. The topological polar surface area (TPSA) is 52.6 Å². The van der Waals surface area contributed by atoms with Crippen LogP contribution in [0.1, 0.15) is 30.0 Å². The maximum atomic E-state index is 14.3. The van der Waals surface area contributed by atoms with Gasteiger partial charge >= 0.3 is 6.03 Å². The summed E-state index contributed by atoms with van der Waals surface area (Å²) >= 11 is 0. The van der Waals surface area contributed by atoms with E-state index in [2.05, 4.69) is 5.32 Å². The number of hydrogen-bond donors (Lipinski definition) is 2. The maximum absolute atomic E-state index is 14.3. The van der Waals surface area contributed by atoms with Gasteiger partial charge in [-0.3, -0.25) is 0 Å². The fraction of sp³-hybridized carbons (Fsp3) is 0.350. The van der Waals surface area contributed by atoms with Crippen molar-refractivity contribution < 1.29 is 14.3 Å². The minimum atomic E-state index is -0.486. The molecule has 2 amide bonds. The van der Waals surface area contributed by atoms with Crippen molar-refractivity contribution in [3.8, 4) is 0 Å². The summed E-state index contributed by atoms with van der Waals surface area (Å²) in [6.07, 6.45) is 1.51. The highest BCUT2D eigenvalue weighted by Gasteiger charge is 2.25. The molecule has 1 saturated heterocycles. The van der Waals surface area contributed by atoms with Crippen LogP contribution < -0.4 is 5.32 Å². The zero-order valence-electron chi connectivity index (χ0n) is 14.1. The SMILES string of the molecule is O=C(NC(Cc1ccccc1)c1ccccc1F)N1CCCC(O)C1. The Labute approximate surface area is 147 Å². The van der Waals surface area contributed by atoms with Gasteiger partial charge < -0.3 is 15.3 Å². The smallest absolute Gasteiger partial charge is 0.317 e. The number of nitrogens with zero attached hydrogens (tertiary/aromatic N) is 1. The molecule has 1 aliphatic heterocycles. The summed E-state index contributed by atoms with van der Waals surface area (Å²) in [5, 5.41) is 12.7. The number of carbonyl (C=O) groups excluding carboxylic acids is 1. The second-order valence-corrected chi connectivity index (χ2v) is 6.46. The van der Waals surface area contributed by atoms with Gasteiger partial charge in [0, 0.05) is 18.7 Å². The molecule has 0 spiro atoms. The third-order valence-corrected chi connectivity index (χ3v) is 4.54. The summed E-state index contributed by atoms with van der Waals surface area (Å²) in [7, 11) is 0. The number of piperidine rings is 1. The van der Waals surface area contributed by atoms with Gasteiger partial charge in [-0.25, -0.2) is 9.18 Å². The average Bonchev–Trinajstić information content (AvgIpc) is 2.62. The molecule has 0 radical (unpaired) electrons. The van der Waals surface area contributed by atoms with Gasteiger partial charge in [0.15, 0.2) is 0 Å². The molecule has 2 aromatic carbocycles. The van der Waals surface area contributed by atoms with Gasteiger partial charge in [0.2, 0.25) is 0 Å².